The Balaban J connectivity index is 1.91. The first-order valence-electron chi connectivity index (χ1n) is 8.49. The Hall–Kier alpha value is -3.33. The van der Waals surface area contributed by atoms with E-state index in [0.29, 0.717) is 0 Å². The van der Waals surface area contributed by atoms with Crippen LogP contribution in [0.5, 0.6) is 0 Å². The standard InChI is InChI=1S/C22H15N3/c1-24-21-17-9-5-3-7-15(17)11-13-19(21)25-18-12-10-14-6-2-4-8-16(14)20(18)23-22(24)25/h2-13H,1H3. The van der Waals surface area contributed by atoms with Gasteiger partial charge in [-0.05, 0) is 22.9 Å². The molecule has 0 spiro atoms. The van der Waals surface area contributed by atoms with E-state index >= 15 is 0 Å². The SMILES string of the molecule is Cn1c2c3ccccc3ccc2n2c3ccc4ccccc4c3nc12. The van der Waals surface area contributed by atoms with Gasteiger partial charge < -0.3 is 4.57 Å². The molecule has 3 heteroatoms. The normalized spacial score (nSPS) is 12.2. The molecule has 0 bridgehead atoms. The van der Waals surface area contributed by atoms with Crippen LogP contribution in [0.15, 0.2) is 72.8 Å². The van der Waals surface area contributed by atoms with Crippen molar-refractivity contribution in [1.29, 1.82) is 0 Å². The third-order valence-electron chi connectivity index (χ3n) is 5.29. The fourth-order valence-corrected chi connectivity index (χ4v) is 4.14. The quantitative estimate of drug-likeness (QED) is 0.373. The average Bonchev–Trinajstić information content (AvgIpc) is 3.18. The lowest BCUT2D eigenvalue weighted by Crippen LogP contribution is -1.89. The molecule has 0 aliphatic heterocycles. The van der Waals surface area contributed by atoms with Crippen LogP contribution in [0.2, 0.25) is 0 Å². The van der Waals surface area contributed by atoms with Crippen molar-refractivity contribution in [2.24, 2.45) is 7.05 Å². The molecule has 118 valence electrons. The number of fused-ring (bicyclic) bond motifs is 9. The van der Waals surface area contributed by atoms with Crippen LogP contribution < -0.4 is 0 Å². The van der Waals surface area contributed by atoms with E-state index in [1.54, 1.807) is 0 Å². The van der Waals surface area contributed by atoms with Gasteiger partial charge in [0.25, 0.3) is 0 Å². The van der Waals surface area contributed by atoms with Gasteiger partial charge in [-0.15, -0.1) is 0 Å². The molecule has 0 saturated heterocycles. The van der Waals surface area contributed by atoms with Crippen LogP contribution in [0, 0.1) is 0 Å². The van der Waals surface area contributed by atoms with E-state index < -0.39 is 0 Å². The highest BCUT2D eigenvalue weighted by Gasteiger charge is 2.16. The number of benzene rings is 4. The summed E-state index contributed by atoms with van der Waals surface area (Å²) < 4.78 is 4.50. The van der Waals surface area contributed by atoms with Crippen molar-refractivity contribution >= 4 is 49.4 Å². The number of imidazole rings is 2. The highest BCUT2D eigenvalue weighted by atomic mass is 15.2. The van der Waals surface area contributed by atoms with Crippen LogP contribution >= 0.6 is 0 Å². The van der Waals surface area contributed by atoms with Crippen molar-refractivity contribution in [2.75, 3.05) is 0 Å². The Morgan fingerprint density at radius 1 is 0.680 bits per heavy atom. The summed E-state index contributed by atoms with van der Waals surface area (Å²) in [7, 11) is 2.11. The van der Waals surface area contributed by atoms with Crippen LogP contribution in [0.3, 0.4) is 0 Å². The molecule has 2 aromatic heterocycles. The van der Waals surface area contributed by atoms with Crippen molar-refractivity contribution in [1.82, 2.24) is 14.0 Å². The summed E-state index contributed by atoms with van der Waals surface area (Å²) in [6, 6.07) is 25.8. The predicted molar refractivity (Wildman–Crippen MR) is 104 cm³/mol. The zero-order chi connectivity index (χ0) is 16.5. The monoisotopic (exact) mass is 321 g/mol. The summed E-state index contributed by atoms with van der Waals surface area (Å²) >= 11 is 0. The van der Waals surface area contributed by atoms with E-state index in [1.165, 1.54) is 32.6 Å². The van der Waals surface area contributed by atoms with Crippen molar-refractivity contribution in [3.8, 4) is 0 Å². The number of aryl methyl sites for hydroxylation is 1. The zero-order valence-corrected chi connectivity index (χ0v) is 13.8. The molecule has 6 aromatic rings. The Bertz CT molecular complexity index is 1450. The summed E-state index contributed by atoms with van der Waals surface area (Å²) in [6.45, 7) is 0. The van der Waals surface area contributed by atoms with Gasteiger partial charge in [0.1, 0.15) is 0 Å². The highest BCUT2D eigenvalue weighted by molar-refractivity contribution is 6.10. The summed E-state index contributed by atoms with van der Waals surface area (Å²) in [6.07, 6.45) is 0. The van der Waals surface area contributed by atoms with E-state index in [-0.39, 0.29) is 0 Å². The number of hydrogen-bond donors (Lipinski definition) is 0. The van der Waals surface area contributed by atoms with E-state index in [0.717, 1.165) is 16.8 Å². The Kier molecular flexibility index (Phi) is 2.29. The number of rotatable bonds is 0. The maximum Gasteiger partial charge on any atom is 0.215 e. The molecular formula is C22H15N3. The van der Waals surface area contributed by atoms with E-state index in [9.17, 15) is 0 Å². The number of aromatic nitrogens is 3. The smallest absolute Gasteiger partial charge is 0.215 e. The predicted octanol–water partition coefficient (Wildman–Crippen LogP) is 5.29. The van der Waals surface area contributed by atoms with Crippen molar-refractivity contribution in [2.45, 2.75) is 0 Å². The Morgan fingerprint density at radius 2 is 1.32 bits per heavy atom. The van der Waals surface area contributed by atoms with Gasteiger partial charge in [0.15, 0.2) is 0 Å². The fraction of sp³-hybridized carbons (Fsp3) is 0.0455. The summed E-state index contributed by atoms with van der Waals surface area (Å²) in [4.78, 5) is 5.01. The second-order valence-electron chi connectivity index (χ2n) is 6.62. The molecule has 0 N–H and O–H groups in total. The zero-order valence-electron chi connectivity index (χ0n) is 13.8. The number of hydrogen-bond acceptors (Lipinski definition) is 1. The maximum absolute atomic E-state index is 5.01. The van der Waals surface area contributed by atoms with E-state index in [4.69, 9.17) is 4.98 Å². The molecule has 0 saturated carbocycles. The van der Waals surface area contributed by atoms with Crippen LogP contribution in [0.4, 0.5) is 0 Å². The minimum absolute atomic E-state index is 0.984. The molecule has 6 rings (SSSR count). The topological polar surface area (TPSA) is 22.2 Å². The van der Waals surface area contributed by atoms with Gasteiger partial charge in [0.2, 0.25) is 5.78 Å². The Morgan fingerprint density at radius 3 is 2.12 bits per heavy atom. The largest absolute Gasteiger partial charge is 0.312 e. The summed E-state index contributed by atoms with van der Waals surface area (Å²) in [5.41, 5.74) is 4.66. The van der Waals surface area contributed by atoms with Crippen LogP contribution in [-0.2, 0) is 7.05 Å². The van der Waals surface area contributed by atoms with Gasteiger partial charge in [-0.25, -0.2) is 4.98 Å². The van der Waals surface area contributed by atoms with Crippen molar-refractivity contribution in [3.05, 3.63) is 72.8 Å². The molecule has 0 radical (unpaired) electrons. The third-order valence-corrected chi connectivity index (χ3v) is 5.29. The first-order valence-corrected chi connectivity index (χ1v) is 8.49. The van der Waals surface area contributed by atoms with Crippen LogP contribution in [-0.4, -0.2) is 14.0 Å². The second kappa shape index (κ2) is 4.39. The molecule has 25 heavy (non-hydrogen) atoms. The fourth-order valence-electron chi connectivity index (χ4n) is 4.14. The van der Waals surface area contributed by atoms with Gasteiger partial charge in [0.05, 0.1) is 22.1 Å². The molecule has 0 unspecified atom stereocenters. The average molecular weight is 321 g/mol. The minimum atomic E-state index is 0.984. The lowest BCUT2D eigenvalue weighted by atomic mass is 10.1. The first-order chi connectivity index (χ1) is 12.3. The lowest BCUT2D eigenvalue weighted by Gasteiger charge is -2.03. The van der Waals surface area contributed by atoms with Gasteiger partial charge in [0, 0.05) is 17.8 Å². The van der Waals surface area contributed by atoms with E-state index in [1.807, 2.05) is 0 Å². The molecule has 3 nitrogen and oxygen atoms in total. The molecule has 0 fully saturated rings. The van der Waals surface area contributed by atoms with Gasteiger partial charge in [-0.3, -0.25) is 4.40 Å². The van der Waals surface area contributed by atoms with Crippen LogP contribution in [0.1, 0.15) is 0 Å². The molecule has 2 heterocycles. The van der Waals surface area contributed by atoms with Crippen molar-refractivity contribution < 1.29 is 0 Å². The molecule has 0 amide bonds. The minimum Gasteiger partial charge on any atom is -0.312 e. The van der Waals surface area contributed by atoms with Gasteiger partial charge >= 0.3 is 0 Å². The van der Waals surface area contributed by atoms with Gasteiger partial charge in [-0.2, -0.15) is 0 Å². The third kappa shape index (κ3) is 1.53. The van der Waals surface area contributed by atoms with Crippen molar-refractivity contribution in [3.63, 3.8) is 0 Å². The summed E-state index contributed by atoms with van der Waals surface area (Å²) in [5.74, 6) is 0.984. The number of nitrogens with zero attached hydrogens (tertiary/aromatic N) is 3. The van der Waals surface area contributed by atoms with Gasteiger partial charge in [-0.1, -0.05) is 60.7 Å². The molecule has 0 atom stereocenters. The molecular weight excluding hydrogens is 306 g/mol. The summed E-state index contributed by atoms with van der Waals surface area (Å²) in [5, 5.41) is 4.96. The Labute approximate surface area is 143 Å². The lowest BCUT2D eigenvalue weighted by molar-refractivity contribution is 0.977. The maximum atomic E-state index is 5.01. The highest BCUT2D eigenvalue weighted by Crippen LogP contribution is 2.33. The van der Waals surface area contributed by atoms with E-state index in [2.05, 4.69) is 88.8 Å². The molecule has 0 aliphatic rings. The molecule has 0 aliphatic carbocycles. The second-order valence-corrected chi connectivity index (χ2v) is 6.62. The first kappa shape index (κ1) is 13.0. The van der Waals surface area contributed by atoms with Crippen LogP contribution in [0.25, 0.3) is 49.4 Å². The molecule has 4 aromatic carbocycles.